The molecule has 0 spiro atoms. The highest BCUT2D eigenvalue weighted by molar-refractivity contribution is 7.80. The Labute approximate surface area is 124 Å². The standard InChI is InChI=1S/C14H20N2O3S/c1-10(8-18-2)7-16-13(17)9-19-12-5-3-11(4-6-12)14(15)20/h3-6,10H,7-9H2,1-2H3,(H2,15,20)(H,16,17). The van der Waals surface area contributed by atoms with Gasteiger partial charge in [-0.05, 0) is 30.2 Å². The van der Waals surface area contributed by atoms with Crippen molar-refractivity contribution in [3.63, 3.8) is 0 Å². The summed E-state index contributed by atoms with van der Waals surface area (Å²) in [6.45, 7) is 3.16. The van der Waals surface area contributed by atoms with E-state index in [1.165, 1.54) is 0 Å². The summed E-state index contributed by atoms with van der Waals surface area (Å²) >= 11 is 4.85. The molecule has 5 nitrogen and oxygen atoms in total. The first-order chi connectivity index (χ1) is 9.52. The van der Waals surface area contributed by atoms with Crippen LogP contribution in [-0.4, -0.2) is 37.8 Å². The Kier molecular flexibility index (Phi) is 6.97. The van der Waals surface area contributed by atoms with E-state index in [1.807, 2.05) is 6.92 Å². The van der Waals surface area contributed by atoms with Crippen molar-refractivity contribution < 1.29 is 14.3 Å². The Balaban J connectivity index is 2.32. The van der Waals surface area contributed by atoms with Crippen LogP contribution in [0.2, 0.25) is 0 Å². The molecule has 1 atom stereocenters. The molecule has 0 aliphatic carbocycles. The smallest absolute Gasteiger partial charge is 0.257 e. The molecule has 1 aromatic carbocycles. The van der Waals surface area contributed by atoms with Crippen LogP contribution in [0.5, 0.6) is 5.75 Å². The molecule has 3 N–H and O–H groups in total. The number of benzene rings is 1. The second-order valence-electron chi connectivity index (χ2n) is 4.54. The highest BCUT2D eigenvalue weighted by atomic mass is 32.1. The van der Waals surface area contributed by atoms with Crippen molar-refractivity contribution in [1.29, 1.82) is 0 Å². The molecule has 0 bridgehead atoms. The van der Waals surface area contributed by atoms with Crippen molar-refractivity contribution in [2.45, 2.75) is 6.92 Å². The fraction of sp³-hybridized carbons (Fsp3) is 0.429. The number of nitrogens with one attached hydrogen (secondary N) is 1. The summed E-state index contributed by atoms with van der Waals surface area (Å²) in [5.74, 6) is 0.713. The minimum absolute atomic E-state index is 0.0217. The number of hydrogen-bond acceptors (Lipinski definition) is 4. The molecule has 1 aromatic rings. The minimum Gasteiger partial charge on any atom is -0.484 e. The van der Waals surface area contributed by atoms with Crippen molar-refractivity contribution in [2.24, 2.45) is 11.7 Å². The molecule has 0 saturated heterocycles. The molecule has 110 valence electrons. The van der Waals surface area contributed by atoms with E-state index in [-0.39, 0.29) is 18.4 Å². The molecular weight excluding hydrogens is 276 g/mol. The van der Waals surface area contributed by atoms with Gasteiger partial charge in [-0.25, -0.2) is 0 Å². The molecule has 6 heteroatoms. The van der Waals surface area contributed by atoms with Gasteiger partial charge >= 0.3 is 0 Å². The number of hydrogen-bond donors (Lipinski definition) is 2. The molecule has 20 heavy (non-hydrogen) atoms. The lowest BCUT2D eigenvalue weighted by molar-refractivity contribution is -0.123. The van der Waals surface area contributed by atoms with Crippen LogP contribution in [0.15, 0.2) is 24.3 Å². The second kappa shape index (κ2) is 8.50. The quantitative estimate of drug-likeness (QED) is 0.703. The molecule has 1 rings (SSSR count). The summed E-state index contributed by atoms with van der Waals surface area (Å²) in [5, 5.41) is 2.78. The van der Waals surface area contributed by atoms with Gasteiger partial charge in [0.2, 0.25) is 0 Å². The number of methoxy groups -OCH3 is 1. The molecule has 0 heterocycles. The lowest BCUT2D eigenvalue weighted by Gasteiger charge is -2.12. The van der Waals surface area contributed by atoms with E-state index in [0.717, 1.165) is 5.56 Å². The summed E-state index contributed by atoms with van der Waals surface area (Å²) in [6.07, 6.45) is 0. The first-order valence-electron chi connectivity index (χ1n) is 6.31. The van der Waals surface area contributed by atoms with Crippen LogP contribution in [0, 0.1) is 5.92 Å². The Hall–Kier alpha value is -1.66. The van der Waals surface area contributed by atoms with Gasteiger partial charge in [-0.15, -0.1) is 0 Å². The zero-order valence-corrected chi connectivity index (χ0v) is 12.5. The van der Waals surface area contributed by atoms with Crippen molar-refractivity contribution in [3.8, 4) is 5.75 Å². The fourth-order valence-corrected chi connectivity index (χ4v) is 1.68. The SMILES string of the molecule is COCC(C)CNC(=O)COc1ccc(C(N)=S)cc1. The summed E-state index contributed by atoms with van der Waals surface area (Å²) < 4.78 is 10.4. The molecular formula is C14H20N2O3S. The van der Waals surface area contributed by atoms with Crippen LogP contribution >= 0.6 is 12.2 Å². The Morgan fingerprint density at radius 2 is 2.05 bits per heavy atom. The van der Waals surface area contributed by atoms with Crippen LogP contribution in [0.1, 0.15) is 12.5 Å². The number of thiocarbonyl (C=S) groups is 1. The van der Waals surface area contributed by atoms with Gasteiger partial charge in [0.25, 0.3) is 5.91 Å². The van der Waals surface area contributed by atoms with Crippen LogP contribution in [0.25, 0.3) is 0 Å². The number of carbonyl (C=O) groups excluding carboxylic acids is 1. The van der Waals surface area contributed by atoms with Gasteiger partial charge < -0.3 is 20.5 Å². The van der Waals surface area contributed by atoms with E-state index < -0.39 is 0 Å². The van der Waals surface area contributed by atoms with E-state index in [1.54, 1.807) is 31.4 Å². The predicted molar refractivity (Wildman–Crippen MR) is 81.9 cm³/mol. The number of carbonyl (C=O) groups is 1. The van der Waals surface area contributed by atoms with Crippen LogP contribution in [0.4, 0.5) is 0 Å². The van der Waals surface area contributed by atoms with E-state index in [2.05, 4.69) is 5.32 Å². The summed E-state index contributed by atoms with van der Waals surface area (Å²) in [4.78, 5) is 11.9. The molecule has 0 aliphatic heterocycles. The number of amides is 1. The van der Waals surface area contributed by atoms with E-state index in [9.17, 15) is 4.79 Å². The van der Waals surface area contributed by atoms with Crippen molar-refractivity contribution in [1.82, 2.24) is 5.32 Å². The van der Waals surface area contributed by atoms with Crippen LogP contribution in [0.3, 0.4) is 0 Å². The third-order valence-electron chi connectivity index (χ3n) is 2.61. The normalized spacial score (nSPS) is 11.7. The fourth-order valence-electron chi connectivity index (χ4n) is 1.55. The van der Waals surface area contributed by atoms with E-state index in [0.29, 0.717) is 23.9 Å². The van der Waals surface area contributed by atoms with Gasteiger partial charge in [0, 0.05) is 19.2 Å². The predicted octanol–water partition coefficient (Wildman–Crippen LogP) is 1.10. The molecule has 0 fully saturated rings. The summed E-state index contributed by atoms with van der Waals surface area (Å²) in [6, 6.07) is 6.98. The Morgan fingerprint density at radius 1 is 1.40 bits per heavy atom. The maximum absolute atomic E-state index is 11.6. The molecule has 0 aromatic heterocycles. The molecule has 1 unspecified atom stereocenters. The number of rotatable bonds is 8. The Bertz CT molecular complexity index is 448. The van der Waals surface area contributed by atoms with Crippen molar-refractivity contribution >= 4 is 23.1 Å². The monoisotopic (exact) mass is 296 g/mol. The minimum atomic E-state index is -0.161. The van der Waals surface area contributed by atoms with Crippen LogP contribution < -0.4 is 15.8 Å². The van der Waals surface area contributed by atoms with Gasteiger partial charge in [-0.2, -0.15) is 0 Å². The zero-order valence-electron chi connectivity index (χ0n) is 11.7. The number of nitrogens with two attached hydrogens (primary N) is 1. The topological polar surface area (TPSA) is 73.6 Å². The van der Waals surface area contributed by atoms with Gasteiger partial charge in [0.15, 0.2) is 6.61 Å². The third-order valence-corrected chi connectivity index (χ3v) is 2.84. The average molecular weight is 296 g/mol. The van der Waals surface area contributed by atoms with Gasteiger partial charge in [0.05, 0.1) is 6.61 Å². The van der Waals surface area contributed by atoms with Gasteiger partial charge in [-0.1, -0.05) is 19.1 Å². The van der Waals surface area contributed by atoms with Gasteiger partial charge in [0.1, 0.15) is 10.7 Å². The maximum Gasteiger partial charge on any atom is 0.257 e. The van der Waals surface area contributed by atoms with E-state index in [4.69, 9.17) is 27.4 Å². The molecule has 0 radical (unpaired) electrons. The first kappa shape index (κ1) is 16.4. The third kappa shape index (κ3) is 5.99. The van der Waals surface area contributed by atoms with Crippen LogP contribution in [-0.2, 0) is 9.53 Å². The summed E-state index contributed by atoms with van der Waals surface area (Å²) in [5.41, 5.74) is 6.26. The zero-order chi connectivity index (χ0) is 15.0. The highest BCUT2D eigenvalue weighted by Crippen LogP contribution is 2.11. The second-order valence-corrected chi connectivity index (χ2v) is 4.98. The number of ether oxygens (including phenoxy) is 2. The molecule has 0 aliphatic rings. The molecule has 0 saturated carbocycles. The lowest BCUT2D eigenvalue weighted by Crippen LogP contribution is -2.33. The summed E-state index contributed by atoms with van der Waals surface area (Å²) in [7, 11) is 1.64. The van der Waals surface area contributed by atoms with Crippen molar-refractivity contribution in [2.75, 3.05) is 26.9 Å². The van der Waals surface area contributed by atoms with E-state index >= 15 is 0 Å². The highest BCUT2D eigenvalue weighted by Gasteiger charge is 2.06. The van der Waals surface area contributed by atoms with Crippen molar-refractivity contribution in [3.05, 3.63) is 29.8 Å². The largest absolute Gasteiger partial charge is 0.484 e. The Morgan fingerprint density at radius 3 is 2.60 bits per heavy atom. The molecule has 1 amide bonds. The first-order valence-corrected chi connectivity index (χ1v) is 6.72. The average Bonchev–Trinajstić information content (AvgIpc) is 2.43. The van der Waals surface area contributed by atoms with Gasteiger partial charge in [-0.3, -0.25) is 4.79 Å². The lowest BCUT2D eigenvalue weighted by atomic mass is 10.2. The maximum atomic E-state index is 11.6.